The highest BCUT2D eigenvalue weighted by molar-refractivity contribution is 7.16. The van der Waals surface area contributed by atoms with Gasteiger partial charge in [0.25, 0.3) is 5.91 Å². The SMILES string of the molecule is CCOc1ccc([C@@H](c2c(NC(=O)c3ccccc3)sc(C)c2C)N2CCN(CCO)CC2)cc1. The molecular weight excluding hydrogens is 458 g/mol. The number of β-amino-alcohol motifs (C(OH)–C–C–N with tert-alkyl or cyclic N) is 1. The van der Waals surface area contributed by atoms with Crippen molar-refractivity contribution in [1.82, 2.24) is 9.80 Å². The molecule has 3 aromatic rings. The summed E-state index contributed by atoms with van der Waals surface area (Å²) in [6.45, 7) is 11.4. The van der Waals surface area contributed by atoms with Gasteiger partial charge in [-0.05, 0) is 56.2 Å². The van der Waals surface area contributed by atoms with Gasteiger partial charge < -0.3 is 15.2 Å². The molecule has 0 unspecified atom stereocenters. The normalized spacial score (nSPS) is 15.7. The number of carbonyl (C=O) groups is 1. The number of hydrogen-bond acceptors (Lipinski definition) is 6. The number of thiophene rings is 1. The van der Waals surface area contributed by atoms with E-state index in [9.17, 15) is 9.90 Å². The number of nitrogens with one attached hydrogen (secondary N) is 1. The zero-order valence-corrected chi connectivity index (χ0v) is 21.6. The van der Waals surface area contributed by atoms with Gasteiger partial charge in [0.15, 0.2) is 0 Å². The summed E-state index contributed by atoms with van der Waals surface area (Å²) in [6, 6.07) is 17.7. The summed E-state index contributed by atoms with van der Waals surface area (Å²) in [5.74, 6) is 0.768. The number of nitrogens with zero attached hydrogens (tertiary/aromatic N) is 2. The maximum absolute atomic E-state index is 13.1. The van der Waals surface area contributed by atoms with E-state index >= 15 is 0 Å². The monoisotopic (exact) mass is 493 g/mol. The predicted octanol–water partition coefficient (Wildman–Crippen LogP) is 4.72. The fourth-order valence-corrected chi connectivity index (χ4v) is 5.78. The first-order valence-corrected chi connectivity index (χ1v) is 13.1. The molecule has 6 nitrogen and oxygen atoms in total. The lowest BCUT2D eigenvalue weighted by molar-refractivity contribution is 0.0944. The Morgan fingerprint density at radius 3 is 2.37 bits per heavy atom. The summed E-state index contributed by atoms with van der Waals surface area (Å²) in [7, 11) is 0. The van der Waals surface area contributed by atoms with E-state index in [4.69, 9.17) is 4.74 Å². The molecule has 1 atom stereocenters. The average Bonchev–Trinajstić information content (AvgIpc) is 3.15. The Morgan fingerprint density at radius 2 is 1.74 bits per heavy atom. The molecule has 35 heavy (non-hydrogen) atoms. The third kappa shape index (κ3) is 5.93. The molecule has 2 heterocycles. The lowest BCUT2D eigenvalue weighted by Gasteiger charge is -2.40. The van der Waals surface area contributed by atoms with E-state index in [0.29, 0.717) is 18.7 Å². The van der Waals surface area contributed by atoms with E-state index in [1.165, 1.54) is 16.0 Å². The Balaban J connectivity index is 1.71. The van der Waals surface area contributed by atoms with E-state index in [2.05, 4.69) is 41.1 Å². The second-order valence-electron chi connectivity index (χ2n) is 8.85. The van der Waals surface area contributed by atoms with Crippen molar-refractivity contribution >= 4 is 22.2 Å². The summed E-state index contributed by atoms with van der Waals surface area (Å²) in [6.07, 6.45) is 0. The number of anilines is 1. The number of ether oxygens (including phenoxy) is 1. The van der Waals surface area contributed by atoms with E-state index < -0.39 is 0 Å². The van der Waals surface area contributed by atoms with Gasteiger partial charge in [-0.15, -0.1) is 11.3 Å². The molecule has 2 N–H and O–H groups in total. The summed E-state index contributed by atoms with van der Waals surface area (Å²) in [4.78, 5) is 19.1. The lowest BCUT2D eigenvalue weighted by atomic mass is 9.94. The fourth-order valence-electron chi connectivity index (χ4n) is 4.69. The minimum absolute atomic E-state index is 0.0120. The molecule has 1 aliphatic heterocycles. The molecule has 1 aromatic heterocycles. The zero-order chi connectivity index (χ0) is 24.8. The van der Waals surface area contributed by atoms with Crippen molar-refractivity contribution in [2.75, 3.05) is 51.3 Å². The predicted molar refractivity (Wildman–Crippen MR) is 143 cm³/mol. The lowest BCUT2D eigenvalue weighted by Crippen LogP contribution is -2.48. The molecule has 186 valence electrons. The van der Waals surface area contributed by atoms with Crippen LogP contribution in [0.15, 0.2) is 54.6 Å². The highest BCUT2D eigenvalue weighted by Gasteiger charge is 2.31. The molecule has 0 spiro atoms. The minimum atomic E-state index is -0.0914. The van der Waals surface area contributed by atoms with Crippen molar-refractivity contribution in [2.45, 2.75) is 26.8 Å². The second kappa shape index (κ2) is 11.8. The Bertz CT molecular complexity index is 1110. The highest BCUT2D eigenvalue weighted by Crippen LogP contribution is 2.43. The molecule has 7 heteroatoms. The van der Waals surface area contributed by atoms with Crippen molar-refractivity contribution in [3.63, 3.8) is 0 Å². The number of benzene rings is 2. The number of rotatable bonds is 9. The number of aliphatic hydroxyl groups is 1. The number of amides is 1. The topological polar surface area (TPSA) is 65.0 Å². The zero-order valence-electron chi connectivity index (χ0n) is 20.8. The summed E-state index contributed by atoms with van der Waals surface area (Å²) >= 11 is 1.64. The van der Waals surface area contributed by atoms with Crippen molar-refractivity contribution in [1.29, 1.82) is 0 Å². The van der Waals surface area contributed by atoms with Gasteiger partial charge in [0, 0.05) is 48.7 Å². The van der Waals surface area contributed by atoms with Gasteiger partial charge in [0.05, 0.1) is 19.3 Å². The van der Waals surface area contributed by atoms with Crippen LogP contribution in [0.2, 0.25) is 0 Å². The summed E-state index contributed by atoms with van der Waals surface area (Å²) in [5, 5.41) is 13.5. The Morgan fingerprint density at radius 1 is 1.06 bits per heavy atom. The number of carbonyl (C=O) groups excluding carboxylic acids is 1. The first-order chi connectivity index (χ1) is 17.0. The summed E-state index contributed by atoms with van der Waals surface area (Å²) in [5.41, 5.74) is 4.21. The molecule has 4 rings (SSSR count). The molecule has 0 bridgehead atoms. The van der Waals surface area contributed by atoms with Crippen molar-refractivity contribution < 1.29 is 14.6 Å². The van der Waals surface area contributed by atoms with Crippen LogP contribution in [-0.2, 0) is 0 Å². The van der Waals surface area contributed by atoms with Crippen molar-refractivity contribution in [3.05, 3.63) is 81.7 Å². The van der Waals surface area contributed by atoms with Crippen LogP contribution in [0.1, 0.15) is 44.9 Å². The molecule has 0 saturated carbocycles. The van der Waals surface area contributed by atoms with Crippen LogP contribution in [0.5, 0.6) is 5.75 Å². The Labute approximate surface area is 212 Å². The largest absolute Gasteiger partial charge is 0.494 e. The Kier molecular flexibility index (Phi) is 8.57. The van der Waals surface area contributed by atoms with E-state index in [1.54, 1.807) is 11.3 Å². The summed E-state index contributed by atoms with van der Waals surface area (Å²) < 4.78 is 5.69. The third-order valence-electron chi connectivity index (χ3n) is 6.66. The maximum Gasteiger partial charge on any atom is 0.256 e. The number of hydrogen-bond donors (Lipinski definition) is 2. The first-order valence-electron chi connectivity index (χ1n) is 12.3. The molecule has 1 aliphatic rings. The van der Waals surface area contributed by atoms with E-state index in [0.717, 1.165) is 42.5 Å². The highest BCUT2D eigenvalue weighted by atomic mass is 32.1. The molecule has 0 radical (unpaired) electrons. The third-order valence-corrected chi connectivity index (χ3v) is 7.80. The number of piperazine rings is 1. The van der Waals surface area contributed by atoms with E-state index in [-0.39, 0.29) is 18.6 Å². The van der Waals surface area contributed by atoms with Crippen LogP contribution in [-0.4, -0.2) is 66.8 Å². The van der Waals surface area contributed by atoms with Gasteiger partial charge in [-0.2, -0.15) is 0 Å². The first kappa shape index (κ1) is 25.4. The molecule has 0 aliphatic carbocycles. The van der Waals surface area contributed by atoms with Crippen LogP contribution in [0, 0.1) is 13.8 Å². The van der Waals surface area contributed by atoms with Gasteiger partial charge in [-0.1, -0.05) is 30.3 Å². The van der Waals surface area contributed by atoms with Crippen LogP contribution in [0.4, 0.5) is 5.00 Å². The molecule has 1 amide bonds. The number of aryl methyl sites for hydroxylation is 1. The number of aliphatic hydroxyl groups excluding tert-OH is 1. The van der Waals surface area contributed by atoms with Crippen molar-refractivity contribution in [2.24, 2.45) is 0 Å². The smallest absolute Gasteiger partial charge is 0.256 e. The molecule has 1 fully saturated rings. The quantitative estimate of drug-likeness (QED) is 0.452. The van der Waals surface area contributed by atoms with Gasteiger partial charge in [0.1, 0.15) is 10.8 Å². The van der Waals surface area contributed by atoms with Crippen LogP contribution >= 0.6 is 11.3 Å². The van der Waals surface area contributed by atoms with Gasteiger partial charge >= 0.3 is 0 Å². The molecular formula is C28H35N3O3S. The van der Waals surface area contributed by atoms with Crippen molar-refractivity contribution in [3.8, 4) is 5.75 Å². The van der Waals surface area contributed by atoms with Gasteiger partial charge in [-0.3, -0.25) is 14.6 Å². The Hall–Kier alpha value is -2.71. The van der Waals surface area contributed by atoms with Gasteiger partial charge in [0.2, 0.25) is 0 Å². The van der Waals surface area contributed by atoms with Crippen LogP contribution in [0.3, 0.4) is 0 Å². The fraction of sp³-hybridized carbons (Fsp3) is 0.393. The average molecular weight is 494 g/mol. The minimum Gasteiger partial charge on any atom is -0.494 e. The van der Waals surface area contributed by atoms with E-state index in [1.807, 2.05) is 49.4 Å². The molecule has 2 aromatic carbocycles. The molecule has 1 saturated heterocycles. The van der Waals surface area contributed by atoms with Crippen LogP contribution < -0.4 is 10.1 Å². The van der Waals surface area contributed by atoms with Gasteiger partial charge in [-0.25, -0.2) is 0 Å². The standard InChI is InChI=1S/C28H35N3O3S/c1-4-34-24-12-10-22(11-13-24)26(31-16-14-30(15-17-31)18-19-32)25-20(2)21(3)35-28(25)29-27(33)23-8-6-5-7-9-23/h5-13,26,32H,4,14-19H2,1-3H3,(H,29,33)/t26-/m0/s1. The maximum atomic E-state index is 13.1. The second-order valence-corrected chi connectivity index (χ2v) is 10.1. The van der Waals surface area contributed by atoms with Crippen LogP contribution in [0.25, 0.3) is 0 Å².